The van der Waals surface area contributed by atoms with Crippen molar-refractivity contribution in [3.05, 3.63) is 34.5 Å². The third-order valence-electron chi connectivity index (χ3n) is 2.77. The van der Waals surface area contributed by atoms with Crippen LogP contribution >= 0.6 is 0 Å². The molecule has 0 aliphatic carbocycles. The predicted molar refractivity (Wildman–Crippen MR) is 67.5 cm³/mol. The quantitative estimate of drug-likeness (QED) is 0.711. The molecule has 0 radical (unpaired) electrons. The van der Waals surface area contributed by atoms with Crippen LogP contribution in [0.2, 0.25) is 0 Å². The molecule has 0 aliphatic heterocycles. The van der Waals surface area contributed by atoms with E-state index in [-0.39, 0.29) is 11.9 Å². The van der Waals surface area contributed by atoms with Crippen LogP contribution in [-0.4, -0.2) is 30.6 Å². The molecule has 0 spiro atoms. The Balaban J connectivity index is 2.15. The Kier molecular flexibility index (Phi) is 3.79. The van der Waals surface area contributed by atoms with Gasteiger partial charge in [-0.25, -0.2) is 14.9 Å². The van der Waals surface area contributed by atoms with Crippen LogP contribution in [0, 0.1) is 0 Å². The van der Waals surface area contributed by atoms with E-state index in [1.54, 1.807) is 6.20 Å². The zero-order chi connectivity index (χ0) is 13.8. The monoisotopic (exact) mass is 264 g/mol. The number of hydrogen-bond acceptors (Lipinski definition) is 4. The van der Waals surface area contributed by atoms with Crippen LogP contribution in [0.1, 0.15) is 42.3 Å². The Morgan fingerprint density at radius 1 is 1.58 bits per heavy atom. The fourth-order valence-corrected chi connectivity index (χ4v) is 1.87. The lowest BCUT2D eigenvalue weighted by molar-refractivity contribution is 0.0922. The second kappa shape index (κ2) is 5.51. The largest absolute Gasteiger partial charge is 0.341 e. The zero-order valence-electron chi connectivity index (χ0n) is 10.8. The summed E-state index contributed by atoms with van der Waals surface area (Å²) in [7, 11) is 1.87. The molecule has 3 N–H and O–H groups in total. The molecular formula is C11H16N6O2. The maximum Gasteiger partial charge on any atom is 0.341 e. The highest BCUT2D eigenvalue weighted by atomic mass is 16.2. The number of amides is 1. The molecule has 19 heavy (non-hydrogen) atoms. The number of carbonyl (C=O) groups is 1. The minimum Gasteiger partial charge on any atom is -0.339 e. The molecule has 8 heteroatoms. The summed E-state index contributed by atoms with van der Waals surface area (Å²) in [6, 6.07) is -0.210. The highest BCUT2D eigenvalue weighted by Crippen LogP contribution is 2.16. The number of H-pyrrole nitrogens is 2. The second-order valence-corrected chi connectivity index (χ2v) is 4.24. The fraction of sp³-hybridized carbons (Fsp3) is 0.455. The van der Waals surface area contributed by atoms with Crippen molar-refractivity contribution in [3.8, 4) is 0 Å². The van der Waals surface area contributed by atoms with E-state index in [1.165, 1.54) is 0 Å². The molecule has 0 unspecified atom stereocenters. The van der Waals surface area contributed by atoms with Gasteiger partial charge in [0.1, 0.15) is 5.82 Å². The van der Waals surface area contributed by atoms with Gasteiger partial charge in [-0.2, -0.15) is 0 Å². The van der Waals surface area contributed by atoms with Crippen LogP contribution in [0.25, 0.3) is 0 Å². The normalized spacial score (nSPS) is 12.3. The molecule has 2 rings (SSSR count). The van der Waals surface area contributed by atoms with Gasteiger partial charge in [0, 0.05) is 19.4 Å². The van der Waals surface area contributed by atoms with Crippen molar-refractivity contribution in [2.45, 2.75) is 25.8 Å². The first-order valence-electron chi connectivity index (χ1n) is 6.04. The Labute approximate surface area is 109 Å². The molecule has 0 bridgehead atoms. The van der Waals surface area contributed by atoms with E-state index < -0.39 is 11.6 Å². The van der Waals surface area contributed by atoms with Crippen LogP contribution in [0.15, 0.2) is 17.2 Å². The molecule has 1 atom stereocenters. The van der Waals surface area contributed by atoms with Crippen molar-refractivity contribution in [1.82, 2.24) is 30.0 Å². The Morgan fingerprint density at radius 2 is 2.37 bits per heavy atom. The van der Waals surface area contributed by atoms with Crippen molar-refractivity contribution in [2.75, 3.05) is 0 Å². The lowest BCUT2D eigenvalue weighted by Gasteiger charge is -2.16. The van der Waals surface area contributed by atoms with Gasteiger partial charge in [-0.05, 0) is 6.42 Å². The maximum atomic E-state index is 11.9. The summed E-state index contributed by atoms with van der Waals surface area (Å²) >= 11 is 0. The van der Waals surface area contributed by atoms with Gasteiger partial charge >= 0.3 is 5.69 Å². The molecule has 2 aromatic heterocycles. The number of aromatic amines is 2. The van der Waals surface area contributed by atoms with Crippen molar-refractivity contribution >= 4 is 5.91 Å². The summed E-state index contributed by atoms with van der Waals surface area (Å²) in [6.45, 7) is 2.03. The number of imidazole rings is 1. The number of carbonyl (C=O) groups excluding carboxylic acids is 1. The van der Waals surface area contributed by atoms with Crippen LogP contribution in [0.3, 0.4) is 0 Å². The lowest BCUT2D eigenvalue weighted by Crippen LogP contribution is -2.31. The van der Waals surface area contributed by atoms with Crippen molar-refractivity contribution in [3.63, 3.8) is 0 Å². The highest BCUT2D eigenvalue weighted by Gasteiger charge is 2.20. The second-order valence-electron chi connectivity index (χ2n) is 4.24. The number of nitrogens with one attached hydrogen (secondary N) is 3. The third-order valence-corrected chi connectivity index (χ3v) is 2.77. The van der Waals surface area contributed by atoms with E-state index >= 15 is 0 Å². The van der Waals surface area contributed by atoms with E-state index in [0.717, 1.165) is 18.7 Å². The standard InChI is InChI=1S/C11H16N6O2/c1-3-4-7(9-12-5-6-17(9)2)13-10(18)8-14-11(19)16-15-8/h5-7H,3-4H2,1-2H3,(H,13,18)(H2,14,15,16,19)/t7-/m0/s1. The van der Waals surface area contributed by atoms with Crippen LogP contribution in [-0.2, 0) is 7.05 Å². The first-order valence-corrected chi connectivity index (χ1v) is 6.04. The van der Waals surface area contributed by atoms with Gasteiger partial charge in [0.2, 0.25) is 5.82 Å². The smallest absolute Gasteiger partial charge is 0.339 e. The fourth-order valence-electron chi connectivity index (χ4n) is 1.87. The summed E-state index contributed by atoms with van der Waals surface area (Å²) in [6.07, 6.45) is 5.15. The van der Waals surface area contributed by atoms with Crippen molar-refractivity contribution < 1.29 is 4.79 Å². The average molecular weight is 264 g/mol. The van der Waals surface area contributed by atoms with Crippen LogP contribution in [0.5, 0.6) is 0 Å². The van der Waals surface area contributed by atoms with E-state index in [4.69, 9.17) is 0 Å². The number of aryl methyl sites for hydroxylation is 1. The molecule has 0 saturated carbocycles. The molecule has 0 aliphatic rings. The molecule has 0 saturated heterocycles. The van der Waals surface area contributed by atoms with Crippen molar-refractivity contribution in [1.29, 1.82) is 0 Å². The SMILES string of the molecule is CCC[C@H](NC(=O)c1n[nH]c(=O)[nH]1)c1nccn1C. The summed E-state index contributed by atoms with van der Waals surface area (Å²) in [5.74, 6) is 0.313. The van der Waals surface area contributed by atoms with Crippen molar-refractivity contribution in [2.24, 2.45) is 7.05 Å². The molecule has 102 valence electrons. The van der Waals surface area contributed by atoms with Gasteiger partial charge in [-0.1, -0.05) is 13.3 Å². The summed E-state index contributed by atoms with van der Waals surface area (Å²) in [5.41, 5.74) is -0.505. The molecule has 1 amide bonds. The summed E-state index contributed by atoms with van der Waals surface area (Å²) in [5, 5.41) is 8.57. The summed E-state index contributed by atoms with van der Waals surface area (Å²) < 4.78 is 1.86. The first-order chi connectivity index (χ1) is 9.11. The third kappa shape index (κ3) is 2.90. The van der Waals surface area contributed by atoms with Gasteiger partial charge in [-0.15, -0.1) is 5.10 Å². The minimum atomic E-state index is -0.505. The number of aromatic nitrogens is 5. The molecule has 8 nitrogen and oxygen atoms in total. The lowest BCUT2D eigenvalue weighted by atomic mass is 10.1. The zero-order valence-corrected chi connectivity index (χ0v) is 10.8. The maximum absolute atomic E-state index is 11.9. The van der Waals surface area contributed by atoms with Gasteiger partial charge in [-0.3, -0.25) is 9.78 Å². The molecular weight excluding hydrogens is 248 g/mol. The molecule has 0 fully saturated rings. The van der Waals surface area contributed by atoms with Gasteiger partial charge in [0.25, 0.3) is 5.91 Å². The molecule has 2 aromatic rings. The topological polar surface area (TPSA) is 108 Å². The van der Waals surface area contributed by atoms with Gasteiger partial charge < -0.3 is 9.88 Å². The average Bonchev–Trinajstić information content (AvgIpc) is 2.97. The first kappa shape index (κ1) is 13.1. The van der Waals surface area contributed by atoms with Crippen LogP contribution in [0.4, 0.5) is 0 Å². The number of hydrogen-bond donors (Lipinski definition) is 3. The van der Waals surface area contributed by atoms with E-state index in [1.807, 2.05) is 24.7 Å². The summed E-state index contributed by atoms with van der Waals surface area (Å²) in [4.78, 5) is 29.4. The molecule has 0 aromatic carbocycles. The highest BCUT2D eigenvalue weighted by molar-refractivity contribution is 5.90. The molecule has 2 heterocycles. The van der Waals surface area contributed by atoms with Crippen LogP contribution < -0.4 is 11.0 Å². The van der Waals surface area contributed by atoms with E-state index in [0.29, 0.717) is 0 Å². The Bertz CT molecular complexity index is 610. The predicted octanol–water partition coefficient (Wildman–Crippen LogP) is 0.103. The van der Waals surface area contributed by atoms with Gasteiger partial charge in [0.05, 0.1) is 6.04 Å². The Morgan fingerprint density at radius 3 is 2.89 bits per heavy atom. The Hall–Kier alpha value is -2.38. The number of rotatable bonds is 5. The minimum absolute atomic E-state index is 0.0275. The van der Waals surface area contributed by atoms with E-state index in [2.05, 4.69) is 25.5 Å². The van der Waals surface area contributed by atoms with Gasteiger partial charge in [0.15, 0.2) is 0 Å². The number of nitrogens with zero attached hydrogens (tertiary/aromatic N) is 3. The van der Waals surface area contributed by atoms with E-state index in [9.17, 15) is 9.59 Å².